The first kappa shape index (κ1) is 23.7. The molecule has 0 aliphatic heterocycles. The zero-order valence-corrected chi connectivity index (χ0v) is 15.6. The molecule has 25 heavy (non-hydrogen) atoms. The van der Waals surface area contributed by atoms with E-state index in [2.05, 4.69) is 4.98 Å². The molecule has 3 nitrogen and oxygen atoms in total. The van der Waals surface area contributed by atoms with E-state index >= 15 is 0 Å². The maximum Gasteiger partial charge on any atom is 0.434 e. The van der Waals surface area contributed by atoms with Crippen LogP contribution in [0.25, 0.3) is 0 Å². The fourth-order valence-electron chi connectivity index (χ4n) is 2.41. The van der Waals surface area contributed by atoms with Crippen LogP contribution in [0.15, 0.2) is 30.5 Å². The van der Waals surface area contributed by atoms with Crippen molar-refractivity contribution in [2.75, 3.05) is 0 Å². The number of aromatic nitrogens is 2. The van der Waals surface area contributed by atoms with Gasteiger partial charge in [-0.05, 0) is 26.8 Å². The van der Waals surface area contributed by atoms with Gasteiger partial charge in [0.05, 0.1) is 6.04 Å². The lowest BCUT2D eigenvalue weighted by atomic mass is 10.0. The molecule has 0 bridgehead atoms. The van der Waals surface area contributed by atoms with Gasteiger partial charge in [-0.2, -0.15) is 13.2 Å². The second-order valence-corrected chi connectivity index (χ2v) is 6.31. The lowest BCUT2D eigenvalue weighted by Gasteiger charge is -2.22. The van der Waals surface area contributed by atoms with Crippen molar-refractivity contribution < 1.29 is 17.6 Å². The number of alkyl halides is 3. The normalized spacial score (nSPS) is 13.0. The van der Waals surface area contributed by atoms with Crippen LogP contribution in [0.5, 0.6) is 0 Å². The van der Waals surface area contributed by atoms with Crippen LogP contribution in [0.2, 0.25) is 0 Å². The largest absolute Gasteiger partial charge is 0.434 e. The molecule has 1 unspecified atom stereocenters. The molecule has 1 heterocycles. The van der Waals surface area contributed by atoms with Crippen molar-refractivity contribution >= 4 is 24.8 Å². The Morgan fingerprint density at radius 2 is 1.72 bits per heavy atom. The fourth-order valence-corrected chi connectivity index (χ4v) is 2.41. The molecule has 1 atom stereocenters. The van der Waals surface area contributed by atoms with E-state index in [1.807, 2.05) is 0 Å². The molecule has 0 saturated carbocycles. The van der Waals surface area contributed by atoms with Crippen LogP contribution in [0.3, 0.4) is 0 Å². The first-order chi connectivity index (χ1) is 10.5. The third kappa shape index (κ3) is 5.87. The highest BCUT2D eigenvalue weighted by Gasteiger charge is 2.36. The number of rotatable bonds is 4. The molecule has 0 aliphatic rings. The summed E-state index contributed by atoms with van der Waals surface area (Å²) in [4.78, 5) is 3.68. The van der Waals surface area contributed by atoms with Crippen molar-refractivity contribution in [1.82, 2.24) is 9.55 Å². The number of hydrogen-bond acceptors (Lipinski definition) is 2. The molecular formula is C16H21Cl2F4N3. The van der Waals surface area contributed by atoms with E-state index in [0.717, 1.165) is 6.20 Å². The minimum atomic E-state index is -4.56. The van der Waals surface area contributed by atoms with Crippen LogP contribution >= 0.6 is 24.8 Å². The molecule has 2 rings (SSSR count). The number of halogens is 6. The summed E-state index contributed by atoms with van der Waals surface area (Å²) in [5, 5.41) is 0. The van der Waals surface area contributed by atoms with Crippen LogP contribution in [0, 0.1) is 5.82 Å². The van der Waals surface area contributed by atoms with E-state index in [1.54, 1.807) is 32.9 Å². The van der Waals surface area contributed by atoms with Crippen LogP contribution in [-0.2, 0) is 12.6 Å². The Morgan fingerprint density at radius 3 is 2.20 bits per heavy atom. The molecule has 9 heteroatoms. The topological polar surface area (TPSA) is 43.8 Å². The molecule has 1 aromatic carbocycles. The lowest BCUT2D eigenvalue weighted by Crippen LogP contribution is -2.35. The Balaban J connectivity index is 0.00000288. The summed E-state index contributed by atoms with van der Waals surface area (Å²) < 4.78 is 54.2. The summed E-state index contributed by atoms with van der Waals surface area (Å²) in [6, 6.07) is 5.37. The highest BCUT2D eigenvalue weighted by atomic mass is 35.5. The predicted octanol–water partition coefficient (Wildman–Crippen LogP) is 4.77. The van der Waals surface area contributed by atoms with Gasteiger partial charge < -0.3 is 10.3 Å². The van der Waals surface area contributed by atoms with E-state index < -0.39 is 29.3 Å². The third-order valence-corrected chi connectivity index (χ3v) is 3.49. The van der Waals surface area contributed by atoms with Crippen LogP contribution < -0.4 is 5.73 Å². The molecule has 142 valence electrons. The van der Waals surface area contributed by atoms with Gasteiger partial charge in [0.25, 0.3) is 0 Å². The highest BCUT2D eigenvalue weighted by Crippen LogP contribution is 2.32. The predicted molar refractivity (Wildman–Crippen MR) is 93.9 cm³/mol. The van der Waals surface area contributed by atoms with Gasteiger partial charge in [0.1, 0.15) is 11.6 Å². The quantitative estimate of drug-likeness (QED) is 0.749. The number of nitrogens with zero attached hydrogens (tertiary/aromatic N) is 2. The lowest BCUT2D eigenvalue weighted by molar-refractivity contribution is -0.141. The van der Waals surface area contributed by atoms with E-state index in [1.165, 1.54) is 16.7 Å². The second kappa shape index (κ2) is 8.38. The molecule has 0 saturated heterocycles. The number of benzene rings is 1. The van der Waals surface area contributed by atoms with Gasteiger partial charge in [0.15, 0.2) is 5.69 Å². The zero-order valence-electron chi connectivity index (χ0n) is 14.0. The zero-order chi connectivity index (χ0) is 17.4. The van der Waals surface area contributed by atoms with Gasteiger partial charge in [-0.3, -0.25) is 0 Å². The maximum absolute atomic E-state index is 14.0. The number of hydrogen-bond donors (Lipinski definition) is 1. The highest BCUT2D eigenvalue weighted by molar-refractivity contribution is 5.85. The van der Waals surface area contributed by atoms with Crippen molar-refractivity contribution in [3.63, 3.8) is 0 Å². The summed E-state index contributed by atoms with van der Waals surface area (Å²) >= 11 is 0. The third-order valence-electron chi connectivity index (χ3n) is 3.49. The minimum Gasteiger partial charge on any atom is -0.327 e. The Morgan fingerprint density at radius 1 is 1.16 bits per heavy atom. The molecule has 1 aromatic heterocycles. The van der Waals surface area contributed by atoms with Gasteiger partial charge in [0, 0.05) is 23.7 Å². The standard InChI is InChI=1S/C16H19F4N3.2ClH/c1-10(11-6-4-5-7-12(11)17)23-9-13(16(18,19)20)22-14(23)8-15(2,3)21;;/h4-7,9-10H,8,21H2,1-3H3;2*1H. The monoisotopic (exact) mass is 401 g/mol. The van der Waals surface area contributed by atoms with Crippen molar-refractivity contribution in [3.8, 4) is 0 Å². The Hall–Kier alpha value is -1.31. The van der Waals surface area contributed by atoms with Crippen molar-refractivity contribution in [2.45, 2.75) is 44.9 Å². The van der Waals surface area contributed by atoms with Crippen LogP contribution in [-0.4, -0.2) is 15.1 Å². The summed E-state index contributed by atoms with van der Waals surface area (Å²) in [6.45, 7) is 5.04. The Labute approximate surface area is 156 Å². The van der Waals surface area contributed by atoms with Gasteiger partial charge in [-0.25, -0.2) is 9.37 Å². The van der Waals surface area contributed by atoms with Gasteiger partial charge in [-0.15, -0.1) is 24.8 Å². The molecule has 0 amide bonds. The summed E-state index contributed by atoms with van der Waals surface area (Å²) in [5.41, 5.74) is 4.48. The Kier molecular flexibility index (Phi) is 7.94. The Bertz CT molecular complexity index is 693. The maximum atomic E-state index is 14.0. The van der Waals surface area contributed by atoms with Gasteiger partial charge in [-0.1, -0.05) is 18.2 Å². The molecule has 0 radical (unpaired) electrons. The number of imidazole rings is 1. The van der Waals surface area contributed by atoms with Gasteiger partial charge >= 0.3 is 6.18 Å². The van der Waals surface area contributed by atoms with Crippen molar-refractivity contribution in [1.29, 1.82) is 0 Å². The molecule has 0 aliphatic carbocycles. The van der Waals surface area contributed by atoms with Crippen molar-refractivity contribution in [2.24, 2.45) is 5.73 Å². The van der Waals surface area contributed by atoms with Crippen LogP contribution in [0.1, 0.15) is 43.9 Å². The average Bonchev–Trinajstić information content (AvgIpc) is 2.80. The second-order valence-electron chi connectivity index (χ2n) is 6.31. The van der Waals surface area contributed by atoms with E-state index in [9.17, 15) is 17.6 Å². The molecule has 0 spiro atoms. The van der Waals surface area contributed by atoms with Crippen LogP contribution in [0.4, 0.5) is 17.6 Å². The smallest absolute Gasteiger partial charge is 0.327 e. The first-order valence-corrected chi connectivity index (χ1v) is 7.17. The fraction of sp³-hybridized carbons (Fsp3) is 0.438. The van der Waals surface area contributed by atoms with Crippen molar-refractivity contribution in [3.05, 3.63) is 53.4 Å². The average molecular weight is 402 g/mol. The summed E-state index contributed by atoms with van der Waals surface area (Å²) in [5.74, 6) is -0.291. The van der Waals surface area contributed by atoms with E-state index in [0.29, 0.717) is 5.56 Å². The minimum absolute atomic E-state index is 0. The SMILES string of the molecule is CC(c1ccccc1F)n1cc(C(F)(F)F)nc1CC(C)(C)N.Cl.Cl. The van der Waals surface area contributed by atoms with E-state index in [-0.39, 0.29) is 37.1 Å². The number of nitrogens with two attached hydrogens (primary N) is 1. The molecule has 0 fully saturated rings. The first-order valence-electron chi connectivity index (χ1n) is 7.17. The van der Waals surface area contributed by atoms with Gasteiger partial charge in [0.2, 0.25) is 0 Å². The summed E-state index contributed by atoms with van der Waals surface area (Å²) in [7, 11) is 0. The molecule has 2 aromatic rings. The molecular weight excluding hydrogens is 381 g/mol. The summed E-state index contributed by atoms with van der Waals surface area (Å²) in [6.07, 6.45) is -3.51. The van der Waals surface area contributed by atoms with E-state index in [4.69, 9.17) is 5.73 Å². The molecule has 2 N–H and O–H groups in total.